The minimum absolute atomic E-state index is 0.241. The van der Waals surface area contributed by atoms with Crippen molar-refractivity contribution in [1.29, 1.82) is 0 Å². The van der Waals surface area contributed by atoms with E-state index >= 15 is 0 Å². The standard InChI is InChI=1S/C22H24N2O5S/c1-4-29-21(25)19-18(13-30-17-11-9-16(28-3)10-12-17)23-22(26)24-20(19)14-5-7-15(27-2)8-6-14/h5-12,20H,4,13H2,1-3H3,(H2,23,24,26)/t20-/m1/s1. The molecule has 0 saturated carbocycles. The van der Waals surface area contributed by atoms with Gasteiger partial charge in [0.2, 0.25) is 0 Å². The zero-order valence-electron chi connectivity index (χ0n) is 17.1. The van der Waals surface area contributed by atoms with Crippen LogP contribution in [0.4, 0.5) is 4.79 Å². The first kappa shape index (κ1) is 21.6. The molecule has 0 aliphatic carbocycles. The molecule has 8 heteroatoms. The average Bonchev–Trinajstić information content (AvgIpc) is 2.77. The number of urea groups is 1. The van der Waals surface area contributed by atoms with E-state index in [0.717, 1.165) is 16.2 Å². The molecular formula is C22H24N2O5S. The van der Waals surface area contributed by atoms with Crippen molar-refractivity contribution in [2.24, 2.45) is 0 Å². The molecule has 0 fully saturated rings. The lowest BCUT2D eigenvalue weighted by atomic mass is 9.95. The van der Waals surface area contributed by atoms with Gasteiger partial charge >= 0.3 is 12.0 Å². The molecule has 1 aliphatic rings. The van der Waals surface area contributed by atoms with E-state index in [4.69, 9.17) is 14.2 Å². The average molecular weight is 429 g/mol. The second-order valence-corrected chi connectivity index (χ2v) is 7.43. The maximum Gasteiger partial charge on any atom is 0.338 e. The van der Waals surface area contributed by atoms with Gasteiger partial charge in [-0.1, -0.05) is 12.1 Å². The molecule has 1 aliphatic heterocycles. The summed E-state index contributed by atoms with van der Waals surface area (Å²) in [6, 6.07) is 13.8. The molecule has 0 bridgehead atoms. The molecule has 0 unspecified atom stereocenters. The minimum atomic E-state index is -0.616. The minimum Gasteiger partial charge on any atom is -0.497 e. The van der Waals surface area contributed by atoms with Crippen molar-refractivity contribution >= 4 is 23.8 Å². The van der Waals surface area contributed by atoms with E-state index in [0.29, 0.717) is 22.8 Å². The Morgan fingerprint density at radius 3 is 2.17 bits per heavy atom. The molecular weight excluding hydrogens is 404 g/mol. The lowest BCUT2D eigenvalue weighted by molar-refractivity contribution is -0.139. The smallest absolute Gasteiger partial charge is 0.338 e. The Labute approximate surface area is 179 Å². The maximum atomic E-state index is 12.8. The number of carbonyl (C=O) groups is 2. The predicted molar refractivity (Wildman–Crippen MR) is 115 cm³/mol. The predicted octanol–water partition coefficient (Wildman–Crippen LogP) is 3.67. The van der Waals surface area contributed by atoms with Crippen molar-refractivity contribution in [2.45, 2.75) is 17.9 Å². The number of ether oxygens (including phenoxy) is 3. The normalized spacial score (nSPS) is 15.8. The van der Waals surface area contributed by atoms with Gasteiger partial charge in [0.05, 0.1) is 32.4 Å². The van der Waals surface area contributed by atoms with Crippen molar-refractivity contribution in [1.82, 2.24) is 10.6 Å². The summed E-state index contributed by atoms with van der Waals surface area (Å²) in [5.41, 5.74) is 1.68. The number of thioether (sulfide) groups is 1. The lowest BCUT2D eigenvalue weighted by Gasteiger charge is -2.29. The number of esters is 1. The maximum absolute atomic E-state index is 12.8. The van der Waals surface area contributed by atoms with Gasteiger partial charge in [0.15, 0.2) is 0 Å². The number of rotatable bonds is 8. The van der Waals surface area contributed by atoms with Crippen LogP contribution < -0.4 is 20.1 Å². The first-order valence-electron chi connectivity index (χ1n) is 9.44. The topological polar surface area (TPSA) is 85.9 Å². The van der Waals surface area contributed by atoms with E-state index < -0.39 is 12.0 Å². The van der Waals surface area contributed by atoms with Crippen LogP contribution in [0.15, 0.2) is 64.7 Å². The Morgan fingerprint density at radius 1 is 1.00 bits per heavy atom. The Morgan fingerprint density at radius 2 is 1.60 bits per heavy atom. The molecule has 0 saturated heterocycles. The van der Waals surface area contributed by atoms with Crippen LogP contribution in [0.1, 0.15) is 18.5 Å². The molecule has 2 amide bonds. The molecule has 30 heavy (non-hydrogen) atoms. The summed E-state index contributed by atoms with van der Waals surface area (Å²) in [6.45, 7) is 1.99. The highest BCUT2D eigenvalue weighted by Crippen LogP contribution is 2.32. The number of methoxy groups -OCH3 is 2. The molecule has 0 aromatic heterocycles. The van der Waals surface area contributed by atoms with E-state index in [1.165, 1.54) is 11.8 Å². The van der Waals surface area contributed by atoms with Gasteiger partial charge in [-0.2, -0.15) is 0 Å². The Balaban J connectivity index is 1.92. The second-order valence-electron chi connectivity index (χ2n) is 6.38. The quantitative estimate of drug-likeness (QED) is 0.493. The number of hydrogen-bond acceptors (Lipinski definition) is 6. The van der Waals surface area contributed by atoms with Crippen molar-refractivity contribution in [3.8, 4) is 11.5 Å². The first-order valence-corrected chi connectivity index (χ1v) is 10.4. The lowest BCUT2D eigenvalue weighted by Crippen LogP contribution is -2.46. The van der Waals surface area contributed by atoms with Gasteiger partial charge in [0.1, 0.15) is 11.5 Å². The zero-order valence-corrected chi connectivity index (χ0v) is 17.9. The third-order valence-corrected chi connectivity index (χ3v) is 5.58. The van der Waals surface area contributed by atoms with E-state index in [9.17, 15) is 9.59 Å². The molecule has 0 spiro atoms. The SMILES string of the molecule is CCOC(=O)C1=C(CSc2ccc(OC)cc2)NC(=O)N[C@@H]1c1ccc(OC)cc1. The van der Waals surface area contributed by atoms with Crippen LogP contribution in [0.2, 0.25) is 0 Å². The molecule has 2 N–H and O–H groups in total. The molecule has 1 heterocycles. The van der Waals surface area contributed by atoms with Crippen LogP contribution in [-0.4, -0.2) is 38.6 Å². The van der Waals surface area contributed by atoms with Crippen LogP contribution in [0, 0.1) is 0 Å². The summed E-state index contributed by atoms with van der Waals surface area (Å²) in [4.78, 5) is 26.1. The van der Waals surface area contributed by atoms with Crippen LogP contribution in [0.3, 0.4) is 0 Å². The monoisotopic (exact) mass is 428 g/mol. The van der Waals surface area contributed by atoms with E-state index in [-0.39, 0.29) is 12.6 Å². The highest BCUT2D eigenvalue weighted by atomic mass is 32.2. The molecule has 2 aromatic carbocycles. The van der Waals surface area contributed by atoms with Crippen molar-refractivity contribution in [2.75, 3.05) is 26.6 Å². The Hall–Kier alpha value is -3.13. The van der Waals surface area contributed by atoms with Gasteiger partial charge in [0, 0.05) is 16.3 Å². The second kappa shape index (κ2) is 10.1. The number of nitrogens with one attached hydrogen (secondary N) is 2. The number of hydrogen-bond donors (Lipinski definition) is 2. The first-order chi connectivity index (χ1) is 14.5. The third-order valence-electron chi connectivity index (χ3n) is 4.54. The van der Waals surface area contributed by atoms with Crippen molar-refractivity contribution in [3.05, 3.63) is 65.4 Å². The van der Waals surface area contributed by atoms with E-state index in [1.807, 2.05) is 36.4 Å². The van der Waals surface area contributed by atoms with Crippen LogP contribution in [0.5, 0.6) is 11.5 Å². The molecule has 7 nitrogen and oxygen atoms in total. The summed E-state index contributed by atoms with van der Waals surface area (Å²) in [7, 11) is 3.20. The number of amides is 2. The Kier molecular flexibility index (Phi) is 7.24. The van der Waals surface area contributed by atoms with Gasteiger partial charge in [-0.25, -0.2) is 9.59 Å². The largest absolute Gasteiger partial charge is 0.497 e. The van der Waals surface area contributed by atoms with E-state index in [2.05, 4.69) is 10.6 Å². The highest BCUT2D eigenvalue weighted by molar-refractivity contribution is 7.99. The van der Waals surface area contributed by atoms with Crippen LogP contribution in [0.25, 0.3) is 0 Å². The van der Waals surface area contributed by atoms with Gasteiger partial charge < -0.3 is 24.8 Å². The summed E-state index contributed by atoms with van der Waals surface area (Å²) in [5.74, 6) is 1.40. The third kappa shape index (κ3) is 5.07. The van der Waals surface area contributed by atoms with Crippen LogP contribution >= 0.6 is 11.8 Å². The number of carbonyl (C=O) groups excluding carboxylic acids is 2. The van der Waals surface area contributed by atoms with Gasteiger partial charge in [-0.15, -0.1) is 11.8 Å². The molecule has 158 valence electrons. The Bertz CT molecular complexity index is 926. The fourth-order valence-electron chi connectivity index (χ4n) is 3.06. The summed E-state index contributed by atoms with van der Waals surface area (Å²) < 4.78 is 15.7. The van der Waals surface area contributed by atoms with Crippen molar-refractivity contribution in [3.63, 3.8) is 0 Å². The molecule has 2 aromatic rings. The summed E-state index contributed by atoms with van der Waals surface area (Å²) in [6.07, 6.45) is 0. The van der Waals surface area contributed by atoms with Crippen molar-refractivity contribution < 1.29 is 23.8 Å². The van der Waals surface area contributed by atoms with Gasteiger partial charge in [-0.3, -0.25) is 0 Å². The van der Waals surface area contributed by atoms with Crippen LogP contribution in [-0.2, 0) is 9.53 Å². The fourth-order valence-corrected chi connectivity index (χ4v) is 3.92. The summed E-state index contributed by atoms with van der Waals surface area (Å²) in [5, 5.41) is 5.61. The fraction of sp³-hybridized carbons (Fsp3) is 0.273. The molecule has 0 radical (unpaired) electrons. The van der Waals surface area contributed by atoms with E-state index in [1.54, 1.807) is 33.3 Å². The van der Waals surface area contributed by atoms with Gasteiger partial charge in [-0.05, 0) is 48.9 Å². The zero-order chi connectivity index (χ0) is 21.5. The highest BCUT2D eigenvalue weighted by Gasteiger charge is 2.33. The molecule has 1 atom stereocenters. The molecule has 3 rings (SSSR count). The number of benzene rings is 2. The van der Waals surface area contributed by atoms with Gasteiger partial charge in [0.25, 0.3) is 0 Å². The summed E-state index contributed by atoms with van der Waals surface area (Å²) >= 11 is 1.51.